The molecule has 1 N–H and O–H groups in total. The lowest BCUT2D eigenvalue weighted by molar-refractivity contribution is -0.119. The van der Waals surface area contributed by atoms with E-state index in [2.05, 4.69) is 5.32 Å². The fourth-order valence-corrected chi connectivity index (χ4v) is 2.53. The van der Waals surface area contributed by atoms with Crippen molar-refractivity contribution in [3.05, 3.63) is 48.0 Å². The molecule has 6 nitrogen and oxygen atoms in total. The van der Waals surface area contributed by atoms with Gasteiger partial charge < -0.3 is 19.5 Å². The second-order valence-corrected chi connectivity index (χ2v) is 5.80. The normalized spacial score (nSPS) is 10.0. The maximum Gasteiger partial charge on any atom is 0.342 e. The number of carbonyl (C=O) groups is 2. The van der Waals surface area contributed by atoms with Gasteiger partial charge in [-0.3, -0.25) is 4.79 Å². The van der Waals surface area contributed by atoms with Crippen molar-refractivity contribution in [2.75, 3.05) is 32.4 Å². The van der Waals surface area contributed by atoms with Gasteiger partial charge in [0.25, 0.3) is 5.91 Å². The lowest BCUT2D eigenvalue weighted by Crippen LogP contribution is -2.21. The zero-order valence-corrected chi connectivity index (χ0v) is 15.0. The summed E-state index contributed by atoms with van der Waals surface area (Å²) in [6.45, 7) is -0.391. The number of thioether (sulfide) groups is 1. The van der Waals surface area contributed by atoms with Gasteiger partial charge in [-0.1, -0.05) is 6.07 Å². The smallest absolute Gasteiger partial charge is 0.342 e. The van der Waals surface area contributed by atoms with Crippen LogP contribution in [0.3, 0.4) is 0 Å². The van der Waals surface area contributed by atoms with Crippen LogP contribution in [0.5, 0.6) is 11.5 Å². The fraction of sp³-hybridized carbons (Fsp3) is 0.222. The van der Waals surface area contributed by atoms with Crippen LogP contribution in [0.4, 0.5) is 5.69 Å². The molecule has 0 saturated carbocycles. The Morgan fingerprint density at radius 1 is 1.08 bits per heavy atom. The molecule has 2 aromatic rings. The number of ether oxygens (including phenoxy) is 3. The predicted molar refractivity (Wildman–Crippen MR) is 96.7 cm³/mol. The number of carbonyl (C=O) groups excluding carboxylic acids is 2. The third kappa shape index (κ3) is 5.15. The van der Waals surface area contributed by atoms with Crippen LogP contribution < -0.4 is 14.8 Å². The molecule has 0 unspecified atom stereocenters. The topological polar surface area (TPSA) is 73.9 Å². The van der Waals surface area contributed by atoms with Crippen molar-refractivity contribution in [2.24, 2.45) is 0 Å². The molecule has 0 saturated heterocycles. The Morgan fingerprint density at radius 2 is 1.88 bits per heavy atom. The van der Waals surface area contributed by atoms with Gasteiger partial charge in [0.05, 0.1) is 14.2 Å². The summed E-state index contributed by atoms with van der Waals surface area (Å²) in [5, 5.41) is 2.69. The van der Waals surface area contributed by atoms with E-state index in [4.69, 9.17) is 14.2 Å². The summed E-state index contributed by atoms with van der Waals surface area (Å²) in [6.07, 6.45) is 1.95. The molecule has 0 aliphatic heterocycles. The third-order valence-corrected chi connectivity index (χ3v) is 4.04. The lowest BCUT2D eigenvalue weighted by Gasteiger charge is -2.10. The van der Waals surface area contributed by atoms with E-state index in [1.807, 2.05) is 24.5 Å². The molecule has 2 rings (SSSR count). The summed E-state index contributed by atoms with van der Waals surface area (Å²) in [4.78, 5) is 25.1. The molecule has 0 bridgehead atoms. The molecule has 0 heterocycles. The molecule has 0 spiro atoms. The first kappa shape index (κ1) is 18.7. The van der Waals surface area contributed by atoms with Crippen LogP contribution in [0.25, 0.3) is 0 Å². The van der Waals surface area contributed by atoms with E-state index in [0.29, 0.717) is 17.2 Å². The van der Waals surface area contributed by atoms with Crippen molar-refractivity contribution >= 4 is 29.3 Å². The van der Waals surface area contributed by atoms with E-state index in [-0.39, 0.29) is 5.56 Å². The van der Waals surface area contributed by atoms with E-state index in [1.54, 1.807) is 30.0 Å². The van der Waals surface area contributed by atoms with Crippen LogP contribution in [0.15, 0.2) is 47.4 Å². The van der Waals surface area contributed by atoms with E-state index in [1.165, 1.54) is 20.3 Å². The highest BCUT2D eigenvalue weighted by Crippen LogP contribution is 2.25. The molecule has 0 aliphatic carbocycles. The number of amides is 1. The summed E-state index contributed by atoms with van der Waals surface area (Å²) in [7, 11) is 2.96. The average molecular weight is 361 g/mol. The maximum absolute atomic E-state index is 12.2. The molecule has 0 fully saturated rings. The number of benzene rings is 2. The van der Waals surface area contributed by atoms with E-state index < -0.39 is 18.5 Å². The molecule has 25 heavy (non-hydrogen) atoms. The molecule has 2 aromatic carbocycles. The summed E-state index contributed by atoms with van der Waals surface area (Å²) in [6, 6.07) is 12.1. The van der Waals surface area contributed by atoms with E-state index in [0.717, 1.165) is 4.90 Å². The molecular weight excluding hydrogens is 342 g/mol. The monoisotopic (exact) mass is 361 g/mol. The molecule has 0 atom stereocenters. The van der Waals surface area contributed by atoms with Gasteiger partial charge in [0.1, 0.15) is 17.1 Å². The van der Waals surface area contributed by atoms with Crippen molar-refractivity contribution in [2.45, 2.75) is 4.90 Å². The number of hydrogen-bond acceptors (Lipinski definition) is 6. The minimum Gasteiger partial charge on any atom is -0.497 e. The Labute approximate surface area is 150 Å². The number of methoxy groups -OCH3 is 2. The quantitative estimate of drug-likeness (QED) is 0.603. The van der Waals surface area contributed by atoms with Gasteiger partial charge in [0.2, 0.25) is 0 Å². The second-order valence-electron chi connectivity index (χ2n) is 4.92. The summed E-state index contributed by atoms with van der Waals surface area (Å²) in [5.74, 6) is -0.191. The van der Waals surface area contributed by atoms with Gasteiger partial charge >= 0.3 is 5.97 Å². The predicted octanol–water partition coefficient (Wildman–Crippen LogP) is 3.22. The van der Waals surface area contributed by atoms with Crippen LogP contribution in [0.2, 0.25) is 0 Å². The van der Waals surface area contributed by atoms with Crippen LogP contribution in [0, 0.1) is 0 Å². The van der Waals surface area contributed by atoms with Gasteiger partial charge in [-0.25, -0.2) is 4.79 Å². The van der Waals surface area contributed by atoms with Crippen molar-refractivity contribution in [3.8, 4) is 11.5 Å². The minimum absolute atomic E-state index is 0.223. The number of hydrogen-bond donors (Lipinski definition) is 1. The maximum atomic E-state index is 12.2. The number of nitrogens with one attached hydrogen (secondary N) is 1. The van der Waals surface area contributed by atoms with Crippen molar-refractivity contribution < 1.29 is 23.8 Å². The molecule has 0 aromatic heterocycles. The van der Waals surface area contributed by atoms with E-state index in [9.17, 15) is 9.59 Å². The Morgan fingerprint density at radius 3 is 2.56 bits per heavy atom. The summed E-state index contributed by atoms with van der Waals surface area (Å²) < 4.78 is 15.3. The van der Waals surface area contributed by atoms with Crippen LogP contribution in [-0.4, -0.2) is 39.0 Å². The van der Waals surface area contributed by atoms with Crippen molar-refractivity contribution in [1.29, 1.82) is 0 Å². The van der Waals surface area contributed by atoms with Gasteiger partial charge in [-0.2, -0.15) is 0 Å². The first-order chi connectivity index (χ1) is 12.1. The third-order valence-electron chi connectivity index (χ3n) is 3.32. The largest absolute Gasteiger partial charge is 0.497 e. The molecule has 0 aliphatic rings. The first-order valence-electron chi connectivity index (χ1n) is 7.40. The Bertz CT molecular complexity index is 763. The molecule has 0 radical (unpaired) electrons. The molecule has 132 valence electrons. The number of rotatable bonds is 7. The van der Waals surface area contributed by atoms with Crippen LogP contribution >= 0.6 is 11.8 Å². The Hall–Kier alpha value is -2.67. The fourth-order valence-electron chi connectivity index (χ4n) is 2.07. The highest BCUT2D eigenvalue weighted by Gasteiger charge is 2.16. The van der Waals surface area contributed by atoms with Gasteiger partial charge in [-0.15, -0.1) is 11.8 Å². The Kier molecular flexibility index (Phi) is 6.71. The molecular formula is C18H19NO5S. The number of anilines is 1. The summed E-state index contributed by atoms with van der Waals surface area (Å²) >= 11 is 1.57. The van der Waals surface area contributed by atoms with Crippen molar-refractivity contribution in [1.82, 2.24) is 0 Å². The standard InChI is InChI=1S/C18H19NO5S/c1-22-13-7-8-15(16(10-13)23-2)18(21)24-11-17(20)19-12-5-4-6-14(9-12)25-3/h4-10H,11H2,1-3H3,(H,19,20). The van der Waals surface area contributed by atoms with E-state index >= 15 is 0 Å². The van der Waals surface area contributed by atoms with Gasteiger partial charge in [0, 0.05) is 16.6 Å². The molecule has 7 heteroatoms. The summed E-state index contributed by atoms with van der Waals surface area (Å²) in [5.41, 5.74) is 0.871. The minimum atomic E-state index is -0.646. The van der Waals surface area contributed by atoms with Gasteiger partial charge in [-0.05, 0) is 36.6 Å². The zero-order chi connectivity index (χ0) is 18.2. The zero-order valence-electron chi connectivity index (χ0n) is 14.2. The SMILES string of the molecule is COc1ccc(C(=O)OCC(=O)Nc2cccc(SC)c2)c(OC)c1. The van der Waals surface area contributed by atoms with Crippen molar-refractivity contribution in [3.63, 3.8) is 0 Å². The molecule has 1 amide bonds. The van der Waals surface area contributed by atoms with Crippen LogP contribution in [-0.2, 0) is 9.53 Å². The highest BCUT2D eigenvalue weighted by molar-refractivity contribution is 7.98. The Balaban J connectivity index is 1.96. The highest BCUT2D eigenvalue weighted by atomic mass is 32.2. The lowest BCUT2D eigenvalue weighted by atomic mass is 10.2. The van der Waals surface area contributed by atoms with Gasteiger partial charge in [0.15, 0.2) is 6.61 Å². The first-order valence-corrected chi connectivity index (χ1v) is 8.63. The second kappa shape index (κ2) is 8.98. The number of esters is 1. The van der Waals surface area contributed by atoms with Crippen LogP contribution in [0.1, 0.15) is 10.4 Å². The average Bonchev–Trinajstić information content (AvgIpc) is 2.65.